The summed E-state index contributed by atoms with van der Waals surface area (Å²) >= 11 is 0. The molecule has 3 atom stereocenters. The first-order valence-corrected chi connectivity index (χ1v) is 3.58. The number of rotatable bonds is 2. The number of ether oxygens (including phenoxy) is 1. The Morgan fingerprint density at radius 1 is 1.82 bits per heavy atom. The van der Waals surface area contributed by atoms with Crippen molar-refractivity contribution in [3.63, 3.8) is 0 Å². The van der Waals surface area contributed by atoms with Crippen molar-refractivity contribution < 1.29 is 9.84 Å². The van der Waals surface area contributed by atoms with E-state index in [0.29, 0.717) is 6.42 Å². The number of aliphatic hydroxyl groups is 1. The zero-order valence-electron chi connectivity index (χ0n) is 6.34. The van der Waals surface area contributed by atoms with Crippen molar-refractivity contribution in [3.8, 4) is 0 Å². The molecular formula is C5H10BN3O2. The molecule has 0 bridgehead atoms. The minimum atomic E-state index is -0.305. The molecule has 0 aliphatic carbocycles. The standard InChI is InChI=1S/C5H10BN3O2/c6-5-1-3(8-9-7)4(2-10)11-5/h3-5,10H,1-2,6H2/t3-,4-,5-/m1/s1. The summed E-state index contributed by atoms with van der Waals surface area (Å²) in [6.45, 7) is -0.0754. The van der Waals surface area contributed by atoms with Gasteiger partial charge in [0.25, 0.3) is 0 Å². The van der Waals surface area contributed by atoms with Crippen molar-refractivity contribution >= 4 is 7.85 Å². The Hall–Kier alpha value is -0.705. The van der Waals surface area contributed by atoms with Gasteiger partial charge in [0.1, 0.15) is 7.85 Å². The maximum atomic E-state index is 8.77. The van der Waals surface area contributed by atoms with Crippen LogP contribution in [0.4, 0.5) is 0 Å². The Balaban J connectivity index is 2.56. The Bertz CT molecular complexity index is 183. The van der Waals surface area contributed by atoms with Gasteiger partial charge in [-0.05, 0) is 12.0 Å². The lowest BCUT2D eigenvalue weighted by molar-refractivity contribution is 0.0379. The fraction of sp³-hybridized carbons (Fsp3) is 1.00. The lowest BCUT2D eigenvalue weighted by atomic mass is 9.95. The van der Waals surface area contributed by atoms with Crippen LogP contribution in [0.2, 0.25) is 0 Å². The molecule has 0 spiro atoms. The zero-order valence-corrected chi connectivity index (χ0v) is 6.34. The first-order valence-electron chi connectivity index (χ1n) is 3.58. The number of azide groups is 1. The molecule has 0 aromatic rings. The van der Waals surface area contributed by atoms with Gasteiger partial charge in [0, 0.05) is 10.9 Å². The van der Waals surface area contributed by atoms with Crippen LogP contribution in [0.5, 0.6) is 0 Å². The van der Waals surface area contributed by atoms with Gasteiger partial charge in [0.05, 0.1) is 18.8 Å². The third-order valence-corrected chi connectivity index (χ3v) is 1.79. The molecule has 1 heterocycles. The second-order valence-corrected chi connectivity index (χ2v) is 2.68. The van der Waals surface area contributed by atoms with Gasteiger partial charge in [-0.25, -0.2) is 0 Å². The van der Waals surface area contributed by atoms with Gasteiger partial charge in [-0.15, -0.1) is 0 Å². The summed E-state index contributed by atoms with van der Waals surface area (Å²) < 4.78 is 5.26. The van der Waals surface area contributed by atoms with E-state index in [0.717, 1.165) is 0 Å². The molecular weight excluding hydrogens is 145 g/mol. The summed E-state index contributed by atoms with van der Waals surface area (Å²) in [4.78, 5) is 2.68. The molecule has 1 saturated heterocycles. The van der Waals surface area contributed by atoms with E-state index in [9.17, 15) is 0 Å². The van der Waals surface area contributed by atoms with E-state index in [1.807, 2.05) is 7.85 Å². The largest absolute Gasteiger partial charge is 0.394 e. The third kappa shape index (κ3) is 1.86. The number of nitrogens with zero attached hydrogens (tertiary/aromatic N) is 3. The Morgan fingerprint density at radius 3 is 3.09 bits per heavy atom. The number of hydrogen-bond acceptors (Lipinski definition) is 3. The van der Waals surface area contributed by atoms with E-state index in [1.165, 1.54) is 0 Å². The smallest absolute Gasteiger partial charge is 0.139 e. The first kappa shape index (κ1) is 8.39. The lowest BCUT2D eigenvalue weighted by Gasteiger charge is -2.09. The quantitative estimate of drug-likeness (QED) is 0.250. The molecule has 11 heavy (non-hydrogen) atoms. The molecule has 0 aromatic heterocycles. The molecule has 1 aliphatic rings. The molecule has 5 nitrogen and oxygen atoms in total. The van der Waals surface area contributed by atoms with Crippen molar-refractivity contribution in [3.05, 3.63) is 10.4 Å². The third-order valence-electron chi connectivity index (χ3n) is 1.79. The van der Waals surface area contributed by atoms with Gasteiger partial charge in [0.2, 0.25) is 0 Å². The van der Waals surface area contributed by atoms with E-state index < -0.39 is 0 Å². The van der Waals surface area contributed by atoms with Crippen LogP contribution in [0.25, 0.3) is 10.4 Å². The van der Waals surface area contributed by atoms with E-state index in [1.54, 1.807) is 0 Å². The Labute approximate surface area is 65.4 Å². The highest BCUT2D eigenvalue weighted by molar-refractivity contribution is 6.11. The molecule has 1 fully saturated rings. The zero-order chi connectivity index (χ0) is 8.27. The first-order chi connectivity index (χ1) is 5.27. The van der Waals surface area contributed by atoms with Crippen LogP contribution in [0.15, 0.2) is 5.11 Å². The van der Waals surface area contributed by atoms with Crippen LogP contribution in [0.3, 0.4) is 0 Å². The van der Waals surface area contributed by atoms with Gasteiger partial charge < -0.3 is 9.84 Å². The van der Waals surface area contributed by atoms with Crippen molar-refractivity contribution in [1.29, 1.82) is 0 Å². The van der Waals surface area contributed by atoms with Crippen molar-refractivity contribution in [1.82, 2.24) is 0 Å². The minimum absolute atomic E-state index is 0.0754. The average molecular weight is 155 g/mol. The fourth-order valence-electron chi connectivity index (χ4n) is 1.29. The van der Waals surface area contributed by atoms with Crippen molar-refractivity contribution in [2.24, 2.45) is 5.11 Å². The Kier molecular flexibility index (Phi) is 2.76. The van der Waals surface area contributed by atoms with Crippen LogP contribution in [-0.4, -0.2) is 37.7 Å². The SMILES string of the molecule is B[C@H]1C[C@@H](N=[N+]=[N-])[C@@H](CO)O1. The topological polar surface area (TPSA) is 78.2 Å². The average Bonchev–Trinajstić information content (AvgIpc) is 2.32. The molecule has 1 rings (SSSR count). The summed E-state index contributed by atoms with van der Waals surface area (Å²) in [7, 11) is 1.90. The highest BCUT2D eigenvalue weighted by atomic mass is 16.5. The summed E-state index contributed by atoms with van der Waals surface area (Å²) in [5.41, 5.74) is 8.15. The molecule has 60 valence electrons. The summed E-state index contributed by atoms with van der Waals surface area (Å²) in [6, 6.07) is -0.109. The van der Waals surface area contributed by atoms with Crippen molar-refractivity contribution in [2.75, 3.05) is 6.61 Å². The van der Waals surface area contributed by atoms with E-state index in [4.69, 9.17) is 15.4 Å². The van der Waals surface area contributed by atoms with Crippen LogP contribution in [-0.2, 0) is 4.74 Å². The lowest BCUT2D eigenvalue weighted by Crippen LogP contribution is -2.23. The van der Waals surface area contributed by atoms with Gasteiger partial charge in [-0.2, -0.15) is 0 Å². The second-order valence-electron chi connectivity index (χ2n) is 2.68. The molecule has 1 N–H and O–H groups in total. The summed E-state index contributed by atoms with van der Waals surface area (Å²) in [6.07, 6.45) is 0.399. The van der Waals surface area contributed by atoms with E-state index >= 15 is 0 Å². The molecule has 0 amide bonds. The fourth-order valence-corrected chi connectivity index (χ4v) is 1.29. The molecule has 0 aromatic carbocycles. The maximum absolute atomic E-state index is 8.77. The Morgan fingerprint density at radius 2 is 2.55 bits per heavy atom. The van der Waals surface area contributed by atoms with Crippen LogP contribution < -0.4 is 0 Å². The molecule has 0 radical (unpaired) electrons. The highest BCUT2D eigenvalue weighted by Gasteiger charge is 2.31. The van der Waals surface area contributed by atoms with Crippen molar-refractivity contribution in [2.45, 2.75) is 24.6 Å². The highest BCUT2D eigenvalue weighted by Crippen LogP contribution is 2.20. The van der Waals surface area contributed by atoms with Crippen LogP contribution >= 0.6 is 0 Å². The minimum Gasteiger partial charge on any atom is -0.394 e. The van der Waals surface area contributed by atoms with Gasteiger partial charge >= 0.3 is 0 Å². The molecule has 0 unspecified atom stereocenters. The van der Waals surface area contributed by atoms with E-state index in [2.05, 4.69) is 10.0 Å². The predicted molar refractivity (Wildman–Crippen MR) is 41.8 cm³/mol. The number of aliphatic hydroxyl groups excluding tert-OH is 1. The molecule has 6 heteroatoms. The molecule has 0 saturated carbocycles. The number of hydrogen-bond donors (Lipinski definition) is 1. The van der Waals surface area contributed by atoms with Gasteiger partial charge in [-0.1, -0.05) is 5.11 Å². The van der Waals surface area contributed by atoms with E-state index in [-0.39, 0.29) is 24.8 Å². The summed E-state index contributed by atoms with van der Waals surface area (Å²) in [5.74, 6) is 0. The maximum Gasteiger partial charge on any atom is 0.139 e. The van der Waals surface area contributed by atoms with Gasteiger partial charge in [0.15, 0.2) is 0 Å². The van der Waals surface area contributed by atoms with Crippen LogP contribution in [0.1, 0.15) is 6.42 Å². The second kappa shape index (κ2) is 3.62. The van der Waals surface area contributed by atoms with Gasteiger partial charge in [-0.3, -0.25) is 0 Å². The van der Waals surface area contributed by atoms with Crippen LogP contribution in [0, 0.1) is 0 Å². The monoisotopic (exact) mass is 155 g/mol. The summed E-state index contributed by atoms with van der Waals surface area (Å²) in [5, 5.41) is 12.3. The predicted octanol–water partition coefficient (Wildman–Crippen LogP) is -0.594. The normalized spacial score (nSPS) is 36.6. The molecule has 1 aliphatic heterocycles.